The third-order valence-electron chi connectivity index (χ3n) is 8.31. The summed E-state index contributed by atoms with van der Waals surface area (Å²) in [5.41, 5.74) is 5.17. The van der Waals surface area contributed by atoms with E-state index in [1.54, 1.807) is 18.8 Å². The van der Waals surface area contributed by atoms with Crippen LogP contribution < -0.4 is 0 Å². The molecule has 40 heavy (non-hydrogen) atoms. The van der Waals surface area contributed by atoms with Crippen molar-refractivity contribution < 1.29 is 23.2 Å². The average Bonchev–Trinajstić information content (AvgIpc) is 3.75. The molecule has 6 nitrogen and oxygen atoms in total. The molecule has 1 atom stereocenters. The third kappa shape index (κ3) is 4.21. The number of hydrogen-bond acceptors (Lipinski definition) is 5. The normalized spacial score (nSPS) is 16.9. The maximum absolute atomic E-state index is 11.7. The Balaban J connectivity index is 1.42. The Hall–Kier alpha value is -4.55. The maximum Gasteiger partial charge on any atom is 0.307 e. The van der Waals surface area contributed by atoms with Crippen molar-refractivity contribution in [3.63, 3.8) is 0 Å². The maximum atomic E-state index is 11.7. The molecular formula is C34H29NO5. The lowest BCUT2D eigenvalue weighted by Gasteiger charge is -2.34. The van der Waals surface area contributed by atoms with E-state index in [1.165, 1.54) is 0 Å². The largest absolute Gasteiger partial charge is 0.481 e. The van der Waals surface area contributed by atoms with Crippen LogP contribution in [0, 0.1) is 5.92 Å². The molecular weight excluding hydrogens is 502 g/mol. The first-order chi connectivity index (χ1) is 19.6. The molecule has 1 N–H and O–H groups in total. The first-order valence-corrected chi connectivity index (χ1v) is 13.7. The summed E-state index contributed by atoms with van der Waals surface area (Å²) in [6, 6.07) is 25.1. The molecule has 0 saturated carbocycles. The van der Waals surface area contributed by atoms with Crippen molar-refractivity contribution in [3.05, 3.63) is 120 Å². The highest BCUT2D eigenvalue weighted by Crippen LogP contribution is 2.44. The van der Waals surface area contributed by atoms with Crippen LogP contribution in [-0.4, -0.2) is 35.6 Å². The molecule has 0 radical (unpaired) electrons. The fraction of sp³-hybridized carbons (Fsp3) is 0.206. The van der Waals surface area contributed by atoms with E-state index < -0.39 is 11.4 Å². The highest BCUT2D eigenvalue weighted by molar-refractivity contribution is 5.83. The van der Waals surface area contributed by atoms with Gasteiger partial charge < -0.3 is 18.4 Å². The summed E-state index contributed by atoms with van der Waals surface area (Å²) < 4.78 is 17.1. The van der Waals surface area contributed by atoms with Gasteiger partial charge >= 0.3 is 5.97 Å². The minimum absolute atomic E-state index is 0.317. The number of hydrogen-bond donors (Lipinski definition) is 1. The molecule has 1 unspecified atom stereocenters. The van der Waals surface area contributed by atoms with Gasteiger partial charge in [0.15, 0.2) is 0 Å². The first kappa shape index (κ1) is 24.5. The quantitative estimate of drug-likeness (QED) is 0.169. The van der Waals surface area contributed by atoms with Crippen molar-refractivity contribution in [2.75, 3.05) is 19.6 Å². The van der Waals surface area contributed by atoms with Gasteiger partial charge in [-0.05, 0) is 90.7 Å². The lowest BCUT2D eigenvalue weighted by Crippen LogP contribution is -2.38. The number of likely N-dealkylation sites (tertiary alicyclic amines) is 1. The van der Waals surface area contributed by atoms with E-state index in [0.717, 1.165) is 69.0 Å². The van der Waals surface area contributed by atoms with Crippen LogP contribution in [0.1, 0.15) is 29.5 Å². The van der Waals surface area contributed by atoms with Crippen LogP contribution in [0.3, 0.4) is 0 Å². The zero-order valence-electron chi connectivity index (χ0n) is 22.0. The van der Waals surface area contributed by atoms with Gasteiger partial charge in [-0.25, -0.2) is 0 Å². The summed E-state index contributed by atoms with van der Waals surface area (Å²) >= 11 is 0. The van der Waals surface area contributed by atoms with Crippen molar-refractivity contribution in [1.82, 2.24) is 4.90 Å². The van der Waals surface area contributed by atoms with E-state index in [2.05, 4.69) is 53.5 Å². The number of carboxylic acid groups (broad SMARTS) is 1. The second kappa shape index (κ2) is 9.88. The van der Waals surface area contributed by atoms with Gasteiger partial charge in [0.1, 0.15) is 16.7 Å². The fourth-order valence-electron chi connectivity index (χ4n) is 6.23. The summed E-state index contributed by atoms with van der Waals surface area (Å²) in [5, 5.41) is 12.7. The van der Waals surface area contributed by atoms with Crippen LogP contribution in [-0.2, 0) is 10.2 Å². The monoisotopic (exact) mass is 531 g/mol. The Morgan fingerprint density at radius 1 is 0.800 bits per heavy atom. The Morgan fingerprint density at radius 2 is 1.30 bits per heavy atom. The van der Waals surface area contributed by atoms with Gasteiger partial charge in [0.25, 0.3) is 0 Å². The number of benzene rings is 3. The Kier molecular flexibility index (Phi) is 6.05. The van der Waals surface area contributed by atoms with Gasteiger partial charge in [0.2, 0.25) is 0 Å². The van der Waals surface area contributed by atoms with Gasteiger partial charge in [-0.2, -0.15) is 0 Å². The van der Waals surface area contributed by atoms with Gasteiger partial charge in [-0.1, -0.05) is 30.4 Å². The van der Waals surface area contributed by atoms with Crippen LogP contribution in [0.4, 0.5) is 0 Å². The Bertz CT molecular complexity index is 1680. The van der Waals surface area contributed by atoms with Gasteiger partial charge in [-0.3, -0.25) is 9.69 Å². The molecule has 4 heterocycles. The number of carboxylic acids is 1. The molecule has 0 spiro atoms. The Labute approximate surface area is 231 Å². The SMILES string of the molecule is O=C(O)C1CCCN(C/C=C/C(c2ccc3occc3c2)(c2ccc3occc3c2)c2ccc3occc3c2)C1. The summed E-state index contributed by atoms with van der Waals surface area (Å²) in [5.74, 6) is -1.03. The fourth-order valence-corrected chi connectivity index (χ4v) is 6.23. The number of piperidine rings is 1. The van der Waals surface area contributed by atoms with E-state index in [0.29, 0.717) is 13.1 Å². The number of rotatable bonds is 7. The second-order valence-corrected chi connectivity index (χ2v) is 10.7. The number of carbonyl (C=O) groups is 1. The molecule has 3 aromatic heterocycles. The van der Waals surface area contributed by atoms with E-state index in [4.69, 9.17) is 13.3 Å². The summed E-state index contributed by atoms with van der Waals surface area (Å²) in [4.78, 5) is 13.9. The van der Waals surface area contributed by atoms with E-state index in [-0.39, 0.29) is 5.92 Å². The second-order valence-electron chi connectivity index (χ2n) is 10.7. The summed E-state index contributed by atoms with van der Waals surface area (Å²) in [6.07, 6.45) is 11.3. The molecule has 0 aliphatic carbocycles. The predicted octanol–water partition coefficient (Wildman–Crippen LogP) is 7.61. The molecule has 0 bridgehead atoms. The summed E-state index contributed by atoms with van der Waals surface area (Å²) in [7, 11) is 0. The van der Waals surface area contributed by atoms with E-state index in [9.17, 15) is 9.90 Å². The van der Waals surface area contributed by atoms with Crippen LogP contribution in [0.5, 0.6) is 0 Å². The number of allylic oxidation sites excluding steroid dienone is 1. The van der Waals surface area contributed by atoms with E-state index in [1.807, 2.05) is 36.4 Å². The van der Waals surface area contributed by atoms with Crippen LogP contribution in [0.15, 0.2) is 117 Å². The van der Waals surface area contributed by atoms with Crippen LogP contribution in [0.25, 0.3) is 32.9 Å². The van der Waals surface area contributed by atoms with E-state index >= 15 is 0 Å². The van der Waals surface area contributed by atoms with Crippen molar-refractivity contribution in [2.24, 2.45) is 5.92 Å². The highest BCUT2D eigenvalue weighted by atomic mass is 16.4. The molecule has 1 fully saturated rings. The zero-order chi connectivity index (χ0) is 27.1. The molecule has 1 saturated heterocycles. The van der Waals surface area contributed by atoms with Gasteiger partial charge in [-0.15, -0.1) is 0 Å². The minimum Gasteiger partial charge on any atom is -0.481 e. The number of fused-ring (bicyclic) bond motifs is 3. The highest BCUT2D eigenvalue weighted by Gasteiger charge is 2.35. The van der Waals surface area contributed by atoms with Crippen molar-refractivity contribution in [2.45, 2.75) is 18.3 Å². The van der Waals surface area contributed by atoms with Crippen LogP contribution in [0.2, 0.25) is 0 Å². The number of aliphatic carboxylic acids is 1. The molecule has 6 aromatic rings. The number of nitrogens with zero attached hydrogens (tertiary/aromatic N) is 1. The Morgan fingerprint density at radius 3 is 1.77 bits per heavy atom. The number of furan rings is 3. The zero-order valence-corrected chi connectivity index (χ0v) is 22.0. The van der Waals surface area contributed by atoms with Crippen molar-refractivity contribution in [1.29, 1.82) is 0 Å². The molecule has 6 heteroatoms. The smallest absolute Gasteiger partial charge is 0.307 e. The van der Waals surface area contributed by atoms with Gasteiger partial charge in [0.05, 0.1) is 30.1 Å². The average molecular weight is 532 g/mol. The lowest BCUT2D eigenvalue weighted by atomic mass is 9.68. The topological polar surface area (TPSA) is 80.0 Å². The third-order valence-corrected chi connectivity index (χ3v) is 8.31. The molecule has 200 valence electrons. The minimum atomic E-state index is -0.710. The lowest BCUT2D eigenvalue weighted by molar-refractivity contribution is -0.143. The summed E-state index contributed by atoms with van der Waals surface area (Å²) in [6.45, 7) is 2.13. The van der Waals surface area contributed by atoms with Crippen molar-refractivity contribution in [3.8, 4) is 0 Å². The molecule has 7 rings (SSSR count). The molecule has 1 aliphatic rings. The van der Waals surface area contributed by atoms with Gasteiger partial charge in [0, 0.05) is 29.2 Å². The molecule has 3 aromatic carbocycles. The molecule has 0 amide bonds. The van der Waals surface area contributed by atoms with Crippen molar-refractivity contribution >= 4 is 38.9 Å². The first-order valence-electron chi connectivity index (χ1n) is 13.7. The van der Waals surface area contributed by atoms with Crippen LogP contribution >= 0.6 is 0 Å². The molecule has 1 aliphatic heterocycles. The standard InChI is InChI=1S/C34H29NO5/c36-33(37)26-3-1-14-35(22-26)15-2-13-34(27-4-7-30-23(19-27)10-16-38-30,28-5-8-31-24(20-28)11-17-39-31)29-6-9-32-25(21-29)12-18-40-32/h2,4-13,16-21,26H,1,3,14-15,22H2,(H,36,37)/b13-2+. The predicted molar refractivity (Wildman–Crippen MR) is 154 cm³/mol.